The van der Waals surface area contributed by atoms with Gasteiger partial charge in [0.05, 0.1) is 25.4 Å². The average Bonchev–Trinajstić information content (AvgIpc) is 2.79. The maximum Gasteiger partial charge on any atom is 0.0643 e. The highest BCUT2D eigenvalue weighted by molar-refractivity contribution is 4.90. The predicted molar refractivity (Wildman–Crippen MR) is 47.7 cm³/mol. The molecular formula is C9H19NO2. The first-order valence-electron chi connectivity index (χ1n) is 4.63. The molecule has 0 aromatic heterocycles. The molecule has 0 aliphatic heterocycles. The van der Waals surface area contributed by atoms with E-state index in [1.165, 1.54) is 0 Å². The molecule has 0 heterocycles. The minimum Gasteiger partial charge on any atom is -0.395 e. The van der Waals surface area contributed by atoms with Crippen molar-refractivity contribution in [1.82, 2.24) is 0 Å². The monoisotopic (exact) mass is 173 g/mol. The van der Waals surface area contributed by atoms with Gasteiger partial charge in [0.1, 0.15) is 0 Å². The van der Waals surface area contributed by atoms with Gasteiger partial charge in [-0.2, -0.15) is 0 Å². The van der Waals surface area contributed by atoms with Gasteiger partial charge in [-0.15, -0.1) is 0 Å². The third-order valence-corrected chi connectivity index (χ3v) is 2.39. The first-order valence-corrected chi connectivity index (χ1v) is 4.63. The van der Waals surface area contributed by atoms with Crippen molar-refractivity contribution in [2.45, 2.75) is 32.4 Å². The Kier molecular flexibility index (Phi) is 3.50. The van der Waals surface area contributed by atoms with Crippen LogP contribution in [0.2, 0.25) is 0 Å². The van der Waals surface area contributed by atoms with E-state index in [0.717, 1.165) is 12.3 Å². The van der Waals surface area contributed by atoms with Crippen LogP contribution in [0.25, 0.3) is 0 Å². The Morgan fingerprint density at radius 2 is 2.25 bits per heavy atom. The summed E-state index contributed by atoms with van der Waals surface area (Å²) in [6, 6.07) is -0.210. The largest absolute Gasteiger partial charge is 0.395 e. The second-order valence-corrected chi connectivity index (χ2v) is 3.96. The summed E-state index contributed by atoms with van der Waals surface area (Å²) in [5.74, 6) is 1.43. The SMILES string of the molecule is CC(C)[C@@H]1C[C@H]1OCC(N)CO. The lowest BCUT2D eigenvalue weighted by molar-refractivity contribution is 0.0767. The zero-order valence-corrected chi connectivity index (χ0v) is 7.86. The van der Waals surface area contributed by atoms with Crippen LogP contribution in [0, 0.1) is 11.8 Å². The van der Waals surface area contributed by atoms with Gasteiger partial charge in [0.15, 0.2) is 0 Å². The van der Waals surface area contributed by atoms with E-state index in [0.29, 0.717) is 18.6 Å². The molecule has 1 aliphatic carbocycles. The van der Waals surface area contributed by atoms with Gasteiger partial charge in [0.25, 0.3) is 0 Å². The topological polar surface area (TPSA) is 55.5 Å². The summed E-state index contributed by atoms with van der Waals surface area (Å²) in [4.78, 5) is 0. The van der Waals surface area contributed by atoms with Gasteiger partial charge in [-0.1, -0.05) is 13.8 Å². The van der Waals surface area contributed by atoms with Crippen molar-refractivity contribution < 1.29 is 9.84 Å². The Balaban J connectivity index is 2.04. The Morgan fingerprint density at radius 3 is 2.67 bits per heavy atom. The van der Waals surface area contributed by atoms with Crippen LogP contribution in [-0.4, -0.2) is 30.5 Å². The zero-order valence-electron chi connectivity index (χ0n) is 7.86. The predicted octanol–water partition coefficient (Wildman–Crippen LogP) is 0.367. The number of nitrogens with two attached hydrogens (primary N) is 1. The van der Waals surface area contributed by atoms with Gasteiger partial charge in [-0.3, -0.25) is 0 Å². The fourth-order valence-corrected chi connectivity index (χ4v) is 1.38. The summed E-state index contributed by atoms with van der Waals surface area (Å²) >= 11 is 0. The molecule has 1 aliphatic rings. The van der Waals surface area contributed by atoms with Gasteiger partial charge >= 0.3 is 0 Å². The maximum absolute atomic E-state index is 8.64. The summed E-state index contributed by atoms with van der Waals surface area (Å²) in [5, 5.41) is 8.64. The molecule has 1 fully saturated rings. The molecule has 3 nitrogen and oxygen atoms in total. The molecule has 12 heavy (non-hydrogen) atoms. The standard InChI is InChI=1S/C9H19NO2/c1-6(2)8-3-9(8)12-5-7(10)4-11/h6-9,11H,3-5,10H2,1-2H3/t7?,8-,9+/m0/s1. The average molecular weight is 173 g/mol. The Bertz CT molecular complexity index is 138. The van der Waals surface area contributed by atoms with Crippen molar-refractivity contribution in [2.75, 3.05) is 13.2 Å². The molecule has 3 atom stereocenters. The van der Waals surface area contributed by atoms with Crippen LogP contribution in [0.5, 0.6) is 0 Å². The molecule has 1 unspecified atom stereocenters. The van der Waals surface area contributed by atoms with Crippen LogP contribution in [0.4, 0.5) is 0 Å². The van der Waals surface area contributed by atoms with E-state index in [2.05, 4.69) is 13.8 Å². The van der Waals surface area contributed by atoms with E-state index in [1.807, 2.05) is 0 Å². The molecule has 0 bridgehead atoms. The molecule has 72 valence electrons. The number of rotatable bonds is 5. The smallest absolute Gasteiger partial charge is 0.0643 e. The number of ether oxygens (including phenoxy) is 1. The van der Waals surface area contributed by atoms with E-state index in [9.17, 15) is 0 Å². The Labute approximate surface area is 73.9 Å². The first-order chi connectivity index (χ1) is 5.65. The fourth-order valence-electron chi connectivity index (χ4n) is 1.38. The number of aliphatic hydroxyl groups excluding tert-OH is 1. The Morgan fingerprint density at radius 1 is 1.58 bits per heavy atom. The van der Waals surface area contributed by atoms with Crippen molar-refractivity contribution in [3.05, 3.63) is 0 Å². The summed E-state index contributed by atoms with van der Waals surface area (Å²) in [7, 11) is 0. The van der Waals surface area contributed by atoms with Crippen LogP contribution in [0.3, 0.4) is 0 Å². The van der Waals surface area contributed by atoms with Crippen molar-refractivity contribution in [2.24, 2.45) is 17.6 Å². The number of hydrogen-bond acceptors (Lipinski definition) is 3. The lowest BCUT2D eigenvalue weighted by Crippen LogP contribution is -2.30. The van der Waals surface area contributed by atoms with Gasteiger partial charge in [0, 0.05) is 0 Å². The van der Waals surface area contributed by atoms with E-state index < -0.39 is 0 Å². The quantitative estimate of drug-likeness (QED) is 0.631. The van der Waals surface area contributed by atoms with E-state index in [1.54, 1.807) is 0 Å². The summed E-state index contributed by atoms with van der Waals surface area (Å²) in [6.45, 7) is 4.92. The molecular weight excluding hydrogens is 154 g/mol. The molecule has 0 spiro atoms. The van der Waals surface area contributed by atoms with Crippen molar-refractivity contribution in [3.63, 3.8) is 0 Å². The minimum absolute atomic E-state index is 0.0130. The molecule has 3 heteroatoms. The summed E-state index contributed by atoms with van der Waals surface area (Å²) in [6.07, 6.45) is 1.57. The molecule has 0 aromatic rings. The lowest BCUT2D eigenvalue weighted by Gasteiger charge is -2.09. The highest BCUT2D eigenvalue weighted by atomic mass is 16.5. The van der Waals surface area contributed by atoms with Crippen LogP contribution >= 0.6 is 0 Å². The van der Waals surface area contributed by atoms with Crippen molar-refractivity contribution in [3.8, 4) is 0 Å². The van der Waals surface area contributed by atoms with Crippen LogP contribution in [0.1, 0.15) is 20.3 Å². The van der Waals surface area contributed by atoms with Crippen molar-refractivity contribution >= 4 is 0 Å². The van der Waals surface area contributed by atoms with E-state index in [4.69, 9.17) is 15.6 Å². The molecule has 0 saturated heterocycles. The van der Waals surface area contributed by atoms with Gasteiger partial charge in [-0.05, 0) is 18.3 Å². The third kappa shape index (κ3) is 2.73. The van der Waals surface area contributed by atoms with E-state index >= 15 is 0 Å². The maximum atomic E-state index is 8.64. The summed E-state index contributed by atoms with van der Waals surface area (Å²) < 4.78 is 5.49. The van der Waals surface area contributed by atoms with Crippen LogP contribution in [0.15, 0.2) is 0 Å². The van der Waals surface area contributed by atoms with Gasteiger partial charge < -0.3 is 15.6 Å². The second-order valence-electron chi connectivity index (χ2n) is 3.96. The zero-order chi connectivity index (χ0) is 9.14. The molecule has 0 aromatic carbocycles. The third-order valence-electron chi connectivity index (χ3n) is 2.39. The Hall–Kier alpha value is -0.120. The number of hydrogen-bond donors (Lipinski definition) is 2. The molecule has 3 N–H and O–H groups in total. The molecule has 0 amide bonds. The fraction of sp³-hybridized carbons (Fsp3) is 1.00. The van der Waals surface area contributed by atoms with E-state index in [-0.39, 0.29) is 12.6 Å². The highest BCUT2D eigenvalue weighted by Crippen LogP contribution is 2.39. The minimum atomic E-state index is -0.210. The number of aliphatic hydroxyl groups is 1. The lowest BCUT2D eigenvalue weighted by atomic mass is 10.1. The van der Waals surface area contributed by atoms with Gasteiger partial charge in [-0.25, -0.2) is 0 Å². The molecule has 0 radical (unpaired) electrons. The highest BCUT2D eigenvalue weighted by Gasteiger charge is 2.40. The summed E-state index contributed by atoms with van der Waals surface area (Å²) in [5.41, 5.74) is 5.50. The first kappa shape index (κ1) is 9.96. The molecule has 1 rings (SSSR count). The van der Waals surface area contributed by atoms with Crippen LogP contribution < -0.4 is 5.73 Å². The molecule has 1 saturated carbocycles. The van der Waals surface area contributed by atoms with Gasteiger partial charge in [0.2, 0.25) is 0 Å². The normalized spacial score (nSPS) is 30.8. The van der Waals surface area contributed by atoms with Crippen LogP contribution in [-0.2, 0) is 4.74 Å². The second kappa shape index (κ2) is 4.21. The van der Waals surface area contributed by atoms with Crippen molar-refractivity contribution in [1.29, 1.82) is 0 Å².